The van der Waals surface area contributed by atoms with Gasteiger partial charge in [-0.05, 0) is 24.3 Å². The van der Waals surface area contributed by atoms with Gasteiger partial charge in [-0.25, -0.2) is 0 Å². The van der Waals surface area contributed by atoms with E-state index >= 15 is 0 Å². The molecule has 2 heteroatoms. The van der Waals surface area contributed by atoms with Crippen LogP contribution in [0.5, 0.6) is 0 Å². The van der Waals surface area contributed by atoms with Gasteiger partial charge in [0.25, 0.3) is 0 Å². The quantitative estimate of drug-likeness (QED) is 0.573. The van der Waals surface area contributed by atoms with Crippen LogP contribution in [0, 0.1) is 0 Å². The average molecular weight is 235 g/mol. The van der Waals surface area contributed by atoms with Gasteiger partial charge in [-0.2, -0.15) is 4.68 Å². The first-order valence-electron chi connectivity index (χ1n) is 6.52. The number of fused-ring (bicyclic) bond motifs is 3. The molecule has 0 radical (unpaired) electrons. The van der Waals surface area contributed by atoms with Crippen LogP contribution in [0.2, 0.25) is 0 Å². The van der Waals surface area contributed by atoms with Crippen molar-refractivity contribution in [1.29, 1.82) is 0 Å². The molecule has 0 aliphatic carbocycles. The topological polar surface area (TPSA) is 8.81 Å². The Morgan fingerprint density at radius 2 is 1.67 bits per heavy atom. The van der Waals surface area contributed by atoms with E-state index in [0.29, 0.717) is 0 Å². The summed E-state index contributed by atoms with van der Waals surface area (Å²) in [7, 11) is 0. The fourth-order valence-corrected chi connectivity index (χ4v) is 3.03. The molecule has 0 bridgehead atoms. The SMILES string of the molecule is c1ccc(-c2c3ccccc3n3[n+]2CCC3)cc1. The monoisotopic (exact) mass is 235 g/mol. The number of hydrogen-bond donors (Lipinski definition) is 0. The molecule has 2 heterocycles. The van der Waals surface area contributed by atoms with E-state index in [9.17, 15) is 0 Å². The van der Waals surface area contributed by atoms with E-state index < -0.39 is 0 Å². The third-order valence-corrected chi connectivity index (χ3v) is 3.77. The van der Waals surface area contributed by atoms with Crippen molar-refractivity contribution in [2.24, 2.45) is 0 Å². The first-order chi connectivity index (χ1) is 8.95. The number of aromatic nitrogens is 2. The highest BCUT2D eigenvalue weighted by atomic mass is 15.4. The minimum atomic E-state index is 1.12. The Labute approximate surface area is 106 Å². The molecule has 1 aromatic heterocycles. The van der Waals surface area contributed by atoms with E-state index in [0.717, 1.165) is 13.1 Å². The molecule has 0 saturated carbocycles. The highest BCUT2D eigenvalue weighted by Gasteiger charge is 2.29. The standard InChI is InChI=1S/C16H15N2/c1-2-7-13(8-3-1)16-14-9-4-5-10-15(14)17-11-6-12-18(16)17/h1-5,7-10H,6,11-12H2/q+1. The van der Waals surface area contributed by atoms with Crippen LogP contribution < -0.4 is 4.68 Å². The summed E-state index contributed by atoms with van der Waals surface area (Å²) in [4.78, 5) is 0. The van der Waals surface area contributed by atoms with E-state index in [1.54, 1.807) is 0 Å². The highest BCUT2D eigenvalue weighted by molar-refractivity contribution is 5.91. The van der Waals surface area contributed by atoms with Crippen molar-refractivity contribution in [3.8, 4) is 11.3 Å². The first-order valence-corrected chi connectivity index (χ1v) is 6.52. The lowest BCUT2D eigenvalue weighted by molar-refractivity contribution is -0.745. The Kier molecular flexibility index (Phi) is 2.04. The maximum Gasteiger partial charge on any atom is 0.246 e. The molecule has 0 atom stereocenters. The molecule has 18 heavy (non-hydrogen) atoms. The molecule has 2 aromatic carbocycles. The largest absolute Gasteiger partial charge is 0.246 e. The molecule has 1 aliphatic rings. The molecule has 4 rings (SSSR count). The summed E-state index contributed by atoms with van der Waals surface area (Å²) in [6.07, 6.45) is 1.24. The van der Waals surface area contributed by atoms with Crippen molar-refractivity contribution in [2.45, 2.75) is 19.5 Å². The molecule has 0 N–H and O–H groups in total. The molecule has 0 saturated heterocycles. The third-order valence-electron chi connectivity index (χ3n) is 3.77. The lowest BCUT2D eigenvalue weighted by atomic mass is 10.1. The second-order valence-corrected chi connectivity index (χ2v) is 4.83. The van der Waals surface area contributed by atoms with Gasteiger partial charge in [0.15, 0.2) is 6.54 Å². The van der Waals surface area contributed by atoms with Gasteiger partial charge in [0.2, 0.25) is 5.69 Å². The van der Waals surface area contributed by atoms with Gasteiger partial charge < -0.3 is 0 Å². The molecule has 2 nitrogen and oxygen atoms in total. The van der Waals surface area contributed by atoms with Crippen LogP contribution in [0.15, 0.2) is 54.6 Å². The Bertz CT molecular complexity index is 711. The van der Waals surface area contributed by atoms with E-state index in [2.05, 4.69) is 64.0 Å². The minimum Gasteiger partial charge on any atom is -0.152 e. The van der Waals surface area contributed by atoms with E-state index in [1.165, 1.54) is 28.6 Å². The van der Waals surface area contributed by atoms with E-state index in [1.807, 2.05) is 0 Å². The lowest BCUT2D eigenvalue weighted by Crippen LogP contribution is -2.38. The van der Waals surface area contributed by atoms with Crippen molar-refractivity contribution in [3.05, 3.63) is 54.6 Å². The molecule has 0 spiro atoms. The molecular formula is C16H15N2+. The number of benzene rings is 2. The lowest BCUT2D eigenvalue weighted by Gasteiger charge is -1.95. The summed E-state index contributed by atoms with van der Waals surface area (Å²) in [5.74, 6) is 0. The summed E-state index contributed by atoms with van der Waals surface area (Å²) in [6.45, 7) is 2.26. The van der Waals surface area contributed by atoms with Crippen molar-refractivity contribution < 1.29 is 4.68 Å². The van der Waals surface area contributed by atoms with Gasteiger partial charge in [0, 0.05) is 12.0 Å². The first kappa shape index (κ1) is 9.89. The fourth-order valence-electron chi connectivity index (χ4n) is 3.03. The summed E-state index contributed by atoms with van der Waals surface area (Å²) >= 11 is 0. The van der Waals surface area contributed by atoms with Crippen LogP contribution in [0.4, 0.5) is 0 Å². The molecular weight excluding hydrogens is 220 g/mol. The fraction of sp³-hybridized carbons (Fsp3) is 0.188. The van der Waals surface area contributed by atoms with Crippen LogP contribution in [-0.2, 0) is 13.1 Å². The number of rotatable bonds is 1. The summed E-state index contributed by atoms with van der Waals surface area (Å²) < 4.78 is 4.84. The molecule has 0 amide bonds. The summed E-state index contributed by atoms with van der Waals surface area (Å²) in [5.41, 5.74) is 4.03. The number of para-hydroxylation sites is 1. The van der Waals surface area contributed by atoms with Crippen LogP contribution in [0.1, 0.15) is 6.42 Å². The summed E-state index contributed by atoms with van der Waals surface area (Å²) in [5, 5.41) is 1.36. The predicted molar refractivity (Wildman–Crippen MR) is 72.2 cm³/mol. The Hall–Kier alpha value is -2.09. The van der Waals surface area contributed by atoms with Crippen molar-refractivity contribution in [3.63, 3.8) is 0 Å². The van der Waals surface area contributed by atoms with Crippen LogP contribution in [0.25, 0.3) is 22.2 Å². The number of aryl methyl sites for hydroxylation is 1. The molecule has 88 valence electrons. The smallest absolute Gasteiger partial charge is 0.152 e. The Morgan fingerprint density at radius 3 is 2.56 bits per heavy atom. The average Bonchev–Trinajstić information content (AvgIpc) is 2.99. The molecule has 0 unspecified atom stereocenters. The summed E-state index contributed by atoms with van der Waals surface area (Å²) in [6, 6.07) is 19.4. The zero-order valence-electron chi connectivity index (χ0n) is 10.2. The zero-order valence-corrected chi connectivity index (χ0v) is 10.2. The Balaban J connectivity index is 2.11. The molecule has 1 aliphatic heterocycles. The van der Waals surface area contributed by atoms with Gasteiger partial charge >= 0.3 is 0 Å². The van der Waals surface area contributed by atoms with E-state index in [-0.39, 0.29) is 0 Å². The van der Waals surface area contributed by atoms with E-state index in [4.69, 9.17) is 0 Å². The minimum absolute atomic E-state index is 1.12. The van der Waals surface area contributed by atoms with Gasteiger partial charge in [0.05, 0.1) is 11.9 Å². The molecule has 0 fully saturated rings. The second kappa shape index (κ2) is 3.70. The maximum absolute atomic E-state index is 2.43. The van der Waals surface area contributed by atoms with Crippen LogP contribution in [-0.4, -0.2) is 4.68 Å². The van der Waals surface area contributed by atoms with Gasteiger partial charge in [0.1, 0.15) is 5.52 Å². The predicted octanol–water partition coefficient (Wildman–Crippen LogP) is 3.00. The van der Waals surface area contributed by atoms with Gasteiger partial charge in [-0.3, -0.25) is 0 Å². The third kappa shape index (κ3) is 1.26. The Morgan fingerprint density at radius 1 is 0.889 bits per heavy atom. The van der Waals surface area contributed by atoms with Gasteiger partial charge in [-0.15, -0.1) is 4.68 Å². The normalized spacial score (nSPS) is 14.0. The van der Waals surface area contributed by atoms with Crippen LogP contribution in [0.3, 0.4) is 0 Å². The number of hydrogen-bond acceptors (Lipinski definition) is 0. The zero-order chi connectivity index (χ0) is 11.9. The molecule has 3 aromatic rings. The number of nitrogens with zero attached hydrogens (tertiary/aromatic N) is 2. The van der Waals surface area contributed by atoms with Crippen molar-refractivity contribution in [2.75, 3.05) is 0 Å². The second-order valence-electron chi connectivity index (χ2n) is 4.83. The van der Waals surface area contributed by atoms with Crippen molar-refractivity contribution >= 4 is 10.9 Å². The van der Waals surface area contributed by atoms with Crippen molar-refractivity contribution in [1.82, 2.24) is 4.68 Å². The van der Waals surface area contributed by atoms with Crippen LogP contribution >= 0.6 is 0 Å². The maximum atomic E-state index is 2.43. The highest BCUT2D eigenvalue weighted by Crippen LogP contribution is 2.28. The van der Waals surface area contributed by atoms with Gasteiger partial charge in [-0.1, -0.05) is 30.3 Å².